The highest BCUT2D eigenvalue weighted by molar-refractivity contribution is 9.10. The summed E-state index contributed by atoms with van der Waals surface area (Å²) in [4.78, 5) is 15.1. The van der Waals surface area contributed by atoms with Crippen molar-refractivity contribution in [2.75, 3.05) is 0 Å². The fraction of sp³-hybridized carbons (Fsp3) is 0.188. The molecule has 2 aromatic rings. The van der Waals surface area contributed by atoms with E-state index in [1.54, 1.807) is 18.3 Å². The average Bonchev–Trinajstić information content (AvgIpc) is 3.02. The van der Waals surface area contributed by atoms with Gasteiger partial charge in [-0.15, -0.1) is 0 Å². The van der Waals surface area contributed by atoms with Gasteiger partial charge in [-0.1, -0.05) is 28.1 Å². The lowest BCUT2D eigenvalue weighted by atomic mass is 9.83. The zero-order chi connectivity index (χ0) is 15.2. The summed E-state index contributed by atoms with van der Waals surface area (Å²) in [5.74, 6) is -1.41. The van der Waals surface area contributed by atoms with Crippen LogP contribution < -0.4 is 0 Å². The number of halogens is 1. The third-order valence-corrected chi connectivity index (χ3v) is 3.81. The maximum atomic E-state index is 12.2. The Balaban J connectivity index is 2.29. The molecule has 0 amide bonds. The van der Waals surface area contributed by atoms with E-state index in [1.165, 1.54) is 0 Å². The highest BCUT2D eigenvalue weighted by Gasteiger charge is 2.26. The first kappa shape index (κ1) is 15.0. The molecule has 1 N–H and O–H groups in total. The van der Waals surface area contributed by atoms with Crippen LogP contribution in [0.15, 0.2) is 47.1 Å². The smallest absolute Gasteiger partial charge is 0.179 e. The molecule has 0 aliphatic heterocycles. The number of Topliss-reactive ketones (excluding diaryl/α,β-unsaturated/α-hetero) is 1. The molecule has 0 unspecified atom stereocenters. The van der Waals surface area contributed by atoms with Crippen LogP contribution >= 0.6 is 15.9 Å². The number of rotatable bonds is 5. The van der Waals surface area contributed by atoms with E-state index in [1.807, 2.05) is 36.4 Å². The Hall–Kier alpha value is -2.37. The van der Waals surface area contributed by atoms with Gasteiger partial charge in [0.05, 0.1) is 17.8 Å². The lowest BCUT2D eigenvalue weighted by molar-refractivity contribution is 0.0966. The minimum Gasteiger partial charge on any atom is -0.359 e. The van der Waals surface area contributed by atoms with E-state index in [-0.39, 0.29) is 12.2 Å². The molecule has 4 nitrogen and oxygen atoms in total. The molecule has 0 spiro atoms. The highest BCUT2D eigenvalue weighted by atomic mass is 79.9. The predicted octanol–water partition coefficient (Wildman–Crippen LogP) is 3.80. The summed E-state index contributed by atoms with van der Waals surface area (Å²) in [5.41, 5.74) is 1.30. The maximum Gasteiger partial charge on any atom is 0.179 e. The SMILES string of the molecule is N#CC(C#N)[C@H](CC(=O)c1ccc[nH]1)c1ccc(Br)cc1. The molecule has 0 saturated carbocycles. The molecule has 2 rings (SSSR count). The molecule has 0 fully saturated rings. The number of carbonyl (C=O) groups excluding carboxylic acids is 1. The van der Waals surface area contributed by atoms with Crippen molar-refractivity contribution in [2.24, 2.45) is 5.92 Å². The minimum atomic E-state index is -0.856. The van der Waals surface area contributed by atoms with Crippen molar-refractivity contribution >= 4 is 21.7 Å². The van der Waals surface area contributed by atoms with E-state index in [0.717, 1.165) is 10.0 Å². The second-order valence-electron chi connectivity index (χ2n) is 4.61. The van der Waals surface area contributed by atoms with Crippen LogP contribution in [-0.2, 0) is 0 Å². The van der Waals surface area contributed by atoms with Gasteiger partial charge in [-0.05, 0) is 29.8 Å². The summed E-state index contributed by atoms with van der Waals surface area (Å²) in [5, 5.41) is 18.3. The Morgan fingerprint density at radius 1 is 1.19 bits per heavy atom. The molecule has 0 saturated heterocycles. The van der Waals surface area contributed by atoms with Crippen molar-refractivity contribution in [3.63, 3.8) is 0 Å². The summed E-state index contributed by atoms with van der Waals surface area (Å²) in [6.45, 7) is 0. The first-order valence-electron chi connectivity index (χ1n) is 6.37. The number of aromatic nitrogens is 1. The van der Waals surface area contributed by atoms with Crippen LogP contribution in [0, 0.1) is 28.6 Å². The summed E-state index contributed by atoms with van der Waals surface area (Å²) in [6, 6.07) is 14.7. The van der Waals surface area contributed by atoms with E-state index in [0.29, 0.717) is 5.69 Å². The van der Waals surface area contributed by atoms with Gasteiger partial charge >= 0.3 is 0 Å². The van der Waals surface area contributed by atoms with Gasteiger partial charge in [0.2, 0.25) is 0 Å². The number of H-pyrrole nitrogens is 1. The van der Waals surface area contributed by atoms with Gasteiger partial charge in [-0.25, -0.2) is 0 Å². The number of aromatic amines is 1. The van der Waals surface area contributed by atoms with Crippen LogP contribution in [0.4, 0.5) is 0 Å². The molecule has 0 aliphatic rings. The molecule has 0 radical (unpaired) electrons. The Labute approximate surface area is 131 Å². The van der Waals surface area contributed by atoms with E-state index in [9.17, 15) is 4.79 Å². The highest BCUT2D eigenvalue weighted by Crippen LogP contribution is 2.30. The van der Waals surface area contributed by atoms with Gasteiger partial charge in [0.1, 0.15) is 5.92 Å². The van der Waals surface area contributed by atoms with Crippen LogP contribution in [0.3, 0.4) is 0 Å². The van der Waals surface area contributed by atoms with Gasteiger partial charge < -0.3 is 4.98 Å². The monoisotopic (exact) mass is 341 g/mol. The quantitative estimate of drug-likeness (QED) is 0.839. The Kier molecular flexibility index (Phi) is 4.92. The molecule has 0 bridgehead atoms. The van der Waals surface area contributed by atoms with E-state index >= 15 is 0 Å². The number of hydrogen-bond donors (Lipinski definition) is 1. The van der Waals surface area contributed by atoms with E-state index in [4.69, 9.17) is 10.5 Å². The van der Waals surface area contributed by atoms with Gasteiger partial charge in [0.25, 0.3) is 0 Å². The van der Waals surface area contributed by atoms with Crippen LogP contribution in [0.5, 0.6) is 0 Å². The van der Waals surface area contributed by atoms with Gasteiger partial charge in [-0.3, -0.25) is 4.79 Å². The number of nitrogens with zero attached hydrogens (tertiary/aromatic N) is 2. The Morgan fingerprint density at radius 2 is 1.86 bits per heavy atom. The molecular weight excluding hydrogens is 330 g/mol. The van der Waals surface area contributed by atoms with Crippen molar-refractivity contribution in [3.8, 4) is 12.1 Å². The lowest BCUT2D eigenvalue weighted by Crippen LogP contribution is -2.15. The van der Waals surface area contributed by atoms with E-state index < -0.39 is 11.8 Å². The third kappa shape index (κ3) is 3.59. The molecule has 1 aromatic heterocycles. The minimum absolute atomic E-state index is 0.108. The van der Waals surface area contributed by atoms with Crippen LogP contribution in [0.2, 0.25) is 0 Å². The number of hydrogen-bond acceptors (Lipinski definition) is 3. The maximum absolute atomic E-state index is 12.2. The van der Waals surface area contributed by atoms with Crippen molar-refractivity contribution in [3.05, 3.63) is 58.3 Å². The summed E-state index contributed by atoms with van der Waals surface area (Å²) >= 11 is 3.35. The third-order valence-electron chi connectivity index (χ3n) is 3.28. The first-order chi connectivity index (χ1) is 10.2. The van der Waals surface area contributed by atoms with Crippen molar-refractivity contribution in [1.29, 1.82) is 10.5 Å². The largest absolute Gasteiger partial charge is 0.359 e. The van der Waals surface area contributed by atoms with E-state index in [2.05, 4.69) is 20.9 Å². The number of benzene rings is 1. The zero-order valence-electron chi connectivity index (χ0n) is 11.1. The second-order valence-corrected chi connectivity index (χ2v) is 5.52. The standard InChI is InChI=1S/C16H12BrN3O/c17-13-5-3-11(4-6-13)14(12(9-18)10-19)8-16(21)15-2-1-7-20-15/h1-7,12,14,20H,8H2/t14-/m1/s1. The molecule has 1 heterocycles. The number of nitriles is 2. The zero-order valence-corrected chi connectivity index (χ0v) is 12.7. The number of nitrogens with one attached hydrogen (secondary N) is 1. The first-order valence-corrected chi connectivity index (χ1v) is 7.16. The fourth-order valence-electron chi connectivity index (χ4n) is 2.16. The van der Waals surface area contributed by atoms with Gasteiger partial charge in [0.15, 0.2) is 5.78 Å². The van der Waals surface area contributed by atoms with Gasteiger partial charge in [0, 0.05) is 23.0 Å². The molecule has 1 aromatic carbocycles. The Morgan fingerprint density at radius 3 is 2.38 bits per heavy atom. The van der Waals surface area contributed by atoms with Crippen molar-refractivity contribution in [1.82, 2.24) is 4.98 Å². The normalized spacial score (nSPS) is 11.6. The van der Waals surface area contributed by atoms with Crippen molar-refractivity contribution in [2.45, 2.75) is 12.3 Å². The number of ketones is 1. The fourth-order valence-corrected chi connectivity index (χ4v) is 2.42. The summed E-state index contributed by atoms with van der Waals surface area (Å²) < 4.78 is 0.908. The predicted molar refractivity (Wildman–Crippen MR) is 81.3 cm³/mol. The lowest BCUT2D eigenvalue weighted by Gasteiger charge is -2.17. The number of carbonyl (C=O) groups is 1. The average molecular weight is 342 g/mol. The summed E-state index contributed by atoms with van der Waals surface area (Å²) in [6.07, 6.45) is 1.79. The summed E-state index contributed by atoms with van der Waals surface area (Å²) in [7, 11) is 0. The van der Waals surface area contributed by atoms with Gasteiger partial charge in [-0.2, -0.15) is 10.5 Å². The molecule has 1 atom stereocenters. The Bertz CT molecular complexity index is 679. The molecule has 0 aliphatic carbocycles. The molecule has 5 heteroatoms. The molecule has 104 valence electrons. The van der Waals surface area contributed by atoms with Crippen LogP contribution in [0.25, 0.3) is 0 Å². The molecule has 21 heavy (non-hydrogen) atoms. The van der Waals surface area contributed by atoms with Crippen molar-refractivity contribution < 1.29 is 4.79 Å². The molecular formula is C16H12BrN3O. The second kappa shape index (κ2) is 6.88. The van der Waals surface area contributed by atoms with Crippen LogP contribution in [-0.4, -0.2) is 10.8 Å². The van der Waals surface area contributed by atoms with Crippen LogP contribution in [0.1, 0.15) is 28.4 Å². The topological polar surface area (TPSA) is 80.4 Å².